The van der Waals surface area contributed by atoms with Crippen molar-refractivity contribution < 1.29 is 0 Å². The molecule has 1 aliphatic rings. The van der Waals surface area contributed by atoms with Crippen LogP contribution >= 0.6 is 11.3 Å². The molecular weight excluding hydrogens is 246 g/mol. The molecule has 0 aromatic carbocycles. The van der Waals surface area contributed by atoms with Crippen molar-refractivity contribution in [3.63, 3.8) is 0 Å². The topological polar surface area (TPSA) is 69.1 Å². The van der Waals surface area contributed by atoms with Crippen molar-refractivity contribution in [1.29, 1.82) is 0 Å². The standard InChI is InChI=1S/C12H19N5S/c1-7(2)10-14-15-12-17(10)16-11(18-12)8-5-3-4-6-9(8)13/h7-9H,3-6,13H2,1-2H3. The molecule has 18 heavy (non-hydrogen) atoms. The van der Waals surface area contributed by atoms with Crippen LogP contribution in [0.1, 0.15) is 62.2 Å². The average Bonchev–Trinajstić information content (AvgIpc) is 2.88. The number of aromatic nitrogens is 4. The van der Waals surface area contributed by atoms with Crippen molar-refractivity contribution in [2.75, 3.05) is 0 Å². The summed E-state index contributed by atoms with van der Waals surface area (Å²) in [6.45, 7) is 4.23. The Morgan fingerprint density at radius 2 is 2.06 bits per heavy atom. The molecule has 0 aliphatic heterocycles. The molecule has 0 bridgehead atoms. The van der Waals surface area contributed by atoms with E-state index in [4.69, 9.17) is 10.8 Å². The Hall–Kier alpha value is -1.01. The molecule has 2 heterocycles. The quantitative estimate of drug-likeness (QED) is 0.904. The van der Waals surface area contributed by atoms with E-state index < -0.39 is 0 Å². The van der Waals surface area contributed by atoms with E-state index in [0.29, 0.717) is 11.8 Å². The molecule has 2 atom stereocenters. The van der Waals surface area contributed by atoms with Crippen molar-refractivity contribution in [1.82, 2.24) is 19.8 Å². The third kappa shape index (κ3) is 1.93. The van der Waals surface area contributed by atoms with E-state index in [9.17, 15) is 0 Å². The van der Waals surface area contributed by atoms with E-state index in [1.54, 1.807) is 11.3 Å². The van der Waals surface area contributed by atoms with Gasteiger partial charge in [0.1, 0.15) is 5.01 Å². The normalized spacial score (nSPS) is 25.1. The lowest BCUT2D eigenvalue weighted by Crippen LogP contribution is -2.31. The van der Waals surface area contributed by atoms with E-state index in [2.05, 4.69) is 24.0 Å². The SMILES string of the molecule is CC(C)c1nnc2sc(C3CCCCC3N)nn12. The second-order valence-corrected chi connectivity index (χ2v) is 6.39. The summed E-state index contributed by atoms with van der Waals surface area (Å²) in [5.74, 6) is 1.69. The molecule has 0 amide bonds. The Balaban J connectivity index is 1.97. The number of fused-ring (bicyclic) bond motifs is 1. The van der Waals surface area contributed by atoms with Crippen LogP contribution in [-0.4, -0.2) is 25.9 Å². The summed E-state index contributed by atoms with van der Waals surface area (Å²) in [6, 6.07) is 0.255. The first kappa shape index (κ1) is 12.0. The molecule has 98 valence electrons. The molecule has 6 heteroatoms. The van der Waals surface area contributed by atoms with E-state index in [1.807, 2.05) is 4.52 Å². The molecule has 2 unspecified atom stereocenters. The van der Waals surface area contributed by atoms with Gasteiger partial charge in [0.15, 0.2) is 5.82 Å². The Labute approximate surface area is 110 Å². The fourth-order valence-corrected chi connectivity index (χ4v) is 3.68. The molecule has 1 aliphatic carbocycles. The van der Waals surface area contributed by atoms with Gasteiger partial charge in [-0.25, -0.2) is 0 Å². The first-order chi connectivity index (χ1) is 8.66. The maximum Gasteiger partial charge on any atom is 0.234 e. The van der Waals surface area contributed by atoms with Crippen LogP contribution in [0.4, 0.5) is 0 Å². The van der Waals surface area contributed by atoms with E-state index >= 15 is 0 Å². The van der Waals surface area contributed by atoms with Crippen molar-refractivity contribution in [3.05, 3.63) is 10.8 Å². The van der Waals surface area contributed by atoms with Crippen LogP contribution in [-0.2, 0) is 0 Å². The van der Waals surface area contributed by atoms with Crippen LogP contribution in [0, 0.1) is 0 Å². The van der Waals surface area contributed by atoms with Gasteiger partial charge in [-0.05, 0) is 12.8 Å². The third-order valence-electron chi connectivity index (χ3n) is 3.68. The summed E-state index contributed by atoms with van der Waals surface area (Å²) < 4.78 is 1.89. The molecule has 1 saturated carbocycles. The van der Waals surface area contributed by atoms with Gasteiger partial charge in [0.2, 0.25) is 4.96 Å². The lowest BCUT2D eigenvalue weighted by Gasteiger charge is -2.26. The second-order valence-electron chi connectivity index (χ2n) is 5.40. The number of nitrogens with two attached hydrogens (primary N) is 1. The van der Waals surface area contributed by atoms with Crippen molar-refractivity contribution >= 4 is 16.3 Å². The van der Waals surface area contributed by atoms with E-state index in [-0.39, 0.29) is 6.04 Å². The van der Waals surface area contributed by atoms with Gasteiger partial charge in [-0.1, -0.05) is 38.0 Å². The molecule has 0 saturated heterocycles. The van der Waals surface area contributed by atoms with Gasteiger partial charge in [0, 0.05) is 17.9 Å². The molecule has 0 radical (unpaired) electrons. The van der Waals surface area contributed by atoms with Crippen LogP contribution in [0.15, 0.2) is 0 Å². The van der Waals surface area contributed by atoms with Crippen LogP contribution in [0.5, 0.6) is 0 Å². The predicted octanol–water partition coefficient (Wildman–Crippen LogP) is 2.29. The maximum absolute atomic E-state index is 6.22. The first-order valence-corrected chi connectivity index (χ1v) is 7.46. The smallest absolute Gasteiger partial charge is 0.234 e. The molecule has 2 N–H and O–H groups in total. The van der Waals surface area contributed by atoms with Crippen molar-refractivity contribution in [2.24, 2.45) is 5.73 Å². The lowest BCUT2D eigenvalue weighted by molar-refractivity contribution is 0.382. The molecule has 2 aromatic rings. The number of rotatable bonds is 2. The van der Waals surface area contributed by atoms with Gasteiger partial charge in [-0.15, -0.1) is 10.2 Å². The monoisotopic (exact) mass is 265 g/mol. The summed E-state index contributed by atoms with van der Waals surface area (Å²) in [7, 11) is 0. The summed E-state index contributed by atoms with van der Waals surface area (Å²) in [6.07, 6.45) is 4.78. The van der Waals surface area contributed by atoms with Gasteiger partial charge in [-0.2, -0.15) is 9.61 Å². The Bertz CT molecular complexity index is 544. The summed E-state index contributed by atoms with van der Waals surface area (Å²) in [5, 5.41) is 14.2. The Kier molecular flexibility index (Phi) is 3.07. The Morgan fingerprint density at radius 1 is 1.28 bits per heavy atom. The van der Waals surface area contributed by atoms with Gasteiger partial charge < -0.3 is 5.73 Å². The van der Waals surface area contributed by atoms with Gasteiger partial charge in [0.25, 0.3) is 0 Å². The van der Waals surface area contributed by atoms with E-state index in [1.165, 1.54) is 12.8 Å². The summed E-state index contributed by atoms with van der Waals surface area (Å²) in [4.78, 5) is 0.895. The fourth-order valence-electron chi connectivity index (χ4n) is 2.62. The second kappa shape index (κ2) is 4.59. The minimum atomic E-state index is 0.255. The fraction of sp³-hybridized carbons (Fsp3) is 0.750. The van der Waals surface area contributed by atoms with Crippen molar-refractivity contribution in [2.45, 2.75) is 57.4 Å². The lowest BCUT2D eigenvalue weighted by atomic mass is 9.86. The minimum Gasteiger partial charge on any atom is -0.327 e. The average molecular weight is 265 g/mol. The highest BCUT2D eigenvalue weighted by Crippen LogP contribution is 2.34. The molecule has 0 spiro atoms. The van der Waals surface area contributed by atoms with Crippen LogP contribution < -0.4 is 5.73 Å². The highest BCUT2D eigenvalue weighted by molar-refractivity contribution is 7.16. The largest absolute Gasteiger partial charge is 0.327 e. The van der Waals surface area contributed by atoms with Crippen molar-refractivity contribution in [3.8, 4) is 0 Å². The molecule has 5 nitrogen and oxygen atoms in total. The zero-order chi connectivity index (χ0) is 12.7. The summed E-state index contributed by atoms with van der Waals surface area (Å²) >= 11 is 1.64. The molecule has 2 aromatic heterocycles. The van der Waals surface area contributed by atoms with Crippen LogP contribution in [0.2, 0.25) is 0 Å². The highest BCUT2D eigenvalue weighted by atomic mass is 32.1. The minimum absolute atomic E-state index is 0.255. The van der Waals surface area contributed by atoms with Gasteiger partial charge >= 0.3 is 0 Å². The third-order valence-corrected chi connectivity index (χ3v) is 4.71. The summed E-state index contributed by atoms with van der Waals surface area (Å²) in [5.41, 5.74) is 6.22. The number of nitrogens with zero attached hydrogens (tertiary/aromatic N) is 4. The zero-order valence-electron chi connectivity index (χ0n) is 10.8. The van der Waals surface area contributed by atoms with E-state index in [0.717, 1.165) is 28.6 Å². The highest BCUT2D eigenvalue weighted by Gasteiger charge is 2.27. The predicted molar refractivity (Wildman–Crippen MR) is 71.9 cm³/mol. The van der Waals surface area contributed by atoms with Crippen LogP contribution in [0.3, 0.4) is 0 Å². The van der Waals surface area contributed by atoms with Gasteiger partial charge in [0.05, 0.1) is 0 Å². The number of hydrogen-bond acceptors (Lipinski definition) is 5. The first-order valence-electron chi connectivity index (χ1n) is 6.64. The maximum atomic E-state index is 6.22. The molecule has 1 fully saturated rings. The zero-order valence-corrected chi connectivity index (χ0v) is 11.7. The number of hydrogen-bond donors (Lipinski definition) is 1. The van der Waals surface area contributed by atoms with Gasteiger partial charge in [-0.3, -0.25) is 0 Å². The molecular formula is C12H19N5S. The Morgan fingerprint density at radius 3 is 2.78 bits per heavy atom. The molecule has 3 rings (SSSR count). The van der Waals surface area contributed by atoms with Crippen LogP contribution in [0.25, 0.3) is 4.96 Å².